The maximum absolute atomic E-state index is 12.1. The summed E-state index contributed by atoms with van der Waals surface area (Å²) in [7, 11) is 0. The molecule has 0 saturated carbocycles. The first-order valence-electron chi connectivity index (χ1n) is 8.15. The smallest absolute Gasteiger partial charge is 0.222 e. The van der Waals surface area contributed by atoms with Gasteiger partial charge in [-0.3, -0.25) is 9.69 Å². The minimum atomic E-state index is 0.00903. The average molecular weight is 304 g/mol. The van der Waals surface area contributed by atoms with Crippen LogP contribution in [0.15, 0.2) is 18.2 Å². The fraction of sp³-hybridized carbons (Fsp3) is 0.611. The standard InChI is InChI=1S/C18H28N2O2/c1-13(2)20-8-9-22-17(12-20)10-18(21)19-11-16-7-5-6-14(3)15(16)4/h5-7,13,17H,8-12H2,1-4H3,(H,19,21)/t17-/m1/s1. The molecular weight excluding hydrogens is 276 g/mol. The maximum atomic E-state index is 12.1. The van der Waals surface area contributed by atoms with E-state index in [0.717, 1.165) is 13.1 Å². The maximum Gasteiger partial charge on any atom is 0.222 e. The Morgan fingerprint density at radius 3 is 2.91 bits per heavy atom. The lowest BCUT2D eigenvalue weighted by Crippen LogP contribution is -2.47. The van der Waals surface area contributed by atoms with Gasteiger partial charge in [0.05, 0.1) is 19.1 Å². The third-order valence-corrected chi connectivity index (χ3v) is 4.51. The van der Waals surface area contributed by atoms with Crippen LogP contribution in [0.5, 0.6) is 0 Å². The Hall–Kier alpha value is -1.39. The van der Waals surface area contributed by atoms with Gasteiger partial charge in [0, 0.05) is 25.7 Å². The Morgan fingerprint density at radius 1 is 1.41 bits per heavy atom. The van der Waals surface area contributed by atoms with Crippen LogP contribution in [0.1, 0.15) is 37.0 Å². The molecular formula is C18H28N2O2. The second kappa shape index (κ2) is 7.75. The van der Waals surface area contributed by atoms with E-state index in [2.05, 4.69) is 50.0 Å². The molecule has 1 fully saturated rings. The van der Waals surface area contributed by atoms with Crippen LogP contribution < -0.4 is 5.32 Å². The molecule has 0 aliphatic carbocycles. The normalized spacial score (nSPS) is 19.4. The van der Waals surface area contributed by atoms with E-state index < -0.39 is 0 Å². The molecule has 4 heteroatoms. The van der Waals surface area contributed by atoms with Crippen LogP contribution in [0.2, 0.25) is 0 Å². The first-order valence-corrected chi connectivity index (χ1v) is 8.15. The monoisotopic (exact) mass is 304 g/mol. The molecule has 1 aromatic rings. The summed E-state index contributed by atoms with van der Waals surface area (Å²) in [5.41, 5.74) is 3.69. The average Bonchev–Trinajstić information content (AvgIpc) is 2.49. The summed E-state index contributed by atoms with van der Waals surface area (Å²) in [5.74, 6) is 0.0662. The van der Waals surface area contributed by atoms with Crippen molar-refractivity contribution in [2.75, 3.05) is 19.7 Å². The molecule has 0 spiro atoms. The Balaban J connectivity index is 1.82. The lowest BCUT2D eigenvalue weighted by atomic mass is 10.0. The molecule has 122 valence electrons. The van der Waals surface area contributed by atoms with Crippen molar-refractivity contribution in [1.29, 1.82) is 0 Å². The first-order chi connectivity index (χ1) is 10.5. The number of rotatable bonds is 5. The molecule has 22 heavy (non-hydrogen) atoms. The number of hydrogen-bond acceptors (Lipinski definition) is 3. The van der Waals surface area contributed by atoms with Gasteiger partial charge < -0.3 is 10.1 Å². The lowest BCUT2D eigenvalue weighted by Gasteiger charge is -2.35. The molecule has 0 unspecified atom stereocenters. The van der Waals surface area contributed by atoms with E-state index in [1.165, 1.54) is 16.7 Å². The quantitative estimate of drug-likeness (QED) is 0.908. The van der Waals surface area contributed by atoms with E-state index in [9.17, 15) is 4.79 Å². The predicted octanol–water partition coefficient (Wildman–Crippen LogP) is 2.42. The first kappa shape index (κ1) is 17.0. The molecule has 1 aliphatic rings. The third kappa shape index (κ3) is 4.55. The Labute approximate surface area is 133 Å². The molecule has 1 heterocycles. The summed E-state index contributed by atoms with van der Waals surface area (Å²) < 4.78 is 5.72. The van der Waals surface area contributed by atoms with Crippen molar-refractivity contribution in [2.45, 2.75) is 52.8 Å². The number of carbonyl (C=O) groups excluding carboxylic acids is 1. The topological polar surface area (TPSA) is 41.6 Å². The predicted molar refractivity (Wildman–Crippen MR) is 88.8 cm³/mol. The number of benzene rings is 1. The number of hydrogen-bond donors (Lipinski definition) is 1. The number of nitrogens with one attached hydrogen (secondary N) is 1. The highest BCUT2D eigenvalue weighted by molar-refractivity contribution is 5.76. The van der Waals surface area contributed by atoms with Gasteiger partial charge in [0.1, 0.15) is 0 Å². The van der Waals surface area contributed by atoms with Gasteiger partial charge in [-0.25, -0.2) is 0 Å². The Kier molecular flexibility index (Phi) is 5.98. The van der Waals surface area contributed by atoms with Crippen molar-refractivity contribution in [3.8, 4) is 0 Å². The highest BCUT2D eigenvalue weighted by Gasteiger charge is 2.24. The second-order valence-corrected chi connectivity index (χ2v) is 6.42. The van der Waals surface area contributed by atoms with Gasteiger partial charge in [0.2, 0.25) is 5.91 Å². The summed E-state index contributed by atoms with van der Waals surface area (Å²) in [6, 6.07) is 6.70. The molecule has 0 aromatic heterocycles. The van der Waals surface area contributed by atoms with Crippen molar-refractivity contribution in [3.05, 3.63) is 34.9 Å². The van der Waals surface area contributed by atoms with E-state index >= 15 is 0 Å². The van der Waals surface area contributed by atoms with Gasteiger partial charge in [-0.1, -0.05) is 18.2 Å². The van der Waals surface area contributed by atoms with E-state index in [1.807, 2.05) is 6.07 Å². The van der Waals surface area contributed by atoms with Gasteiger partial charge in [-0.2, -0.15) is 0 Å². The second-order valence-electron chi connectivity index (χ2n) is 6.42. The molecule has 1 saturated heterocycles. The zero-order chi connectivity index (χ0) is 16.1. The fourth-order valence-electron chi connectivity index (χ4n) is 2.81. The van der Waals surface area contributed by atoms with Crippen molar-refractivity contribution >= 4 is 5.91 Å². The highest BCUT2D eigenvalue weighted by atomic mass is 16.5. The lowest BCUT2D eigenvalue weighted by molar-refractivity contribution is -0.126. The summed E-state index contributed by atoms with van der Waals surface area (Å²) in [6.07, 6.45) is 0.448. The minimum Gasteiger partial charge on any atom is -0.375 e. The van der Waals surface area contributed by atoms with Gasteiger partial charge in [-0.15, -0.1) is 0 Å². The molecule has 2 rings (SSSR count). The molecule has 1 aliphatic heterocycles. The van der Waals surface area contributed by atoms with Gasteiger partial charge in [0.25, 0.3) is 0 Å². The highest BCUT2D eigenvalue weighted by Crippen LogP contribution is 2.14. The molecule has 1 amide bonds. The van der Waals surface area contributed by atoms with Crippen LogP contribution in [0, 0.1) is 13.8 Å². The summed E-state index contributed by atoms with van der Waals surface area (Å²) >= 11 is 0. The van der Waals surface area contributed by atoms with Gasteiger partial charge >= 0.3 is 0 Å². The minimum absolute atomic E-state index is 0.00903. The van der Waals surface area contributed by atoms with Crippen molar-refractivity contribution in [2.24, 2.45) is 0 Å². The Morgan fingerprint density at radius 2 is 2.18 bits per heavy atom. The van der Waals surface area contributed by atoms with Crippen LogP contribution in [0.3, 0.4) is 0 Å². The largest absolute Gasteiger partial charge is 0.375 e. The summed E-state index contributed by atoms with van der Waals surface area (Å²) in [4.78, 5) is 14.5. The van der Waals surface area contributed by atoms with Crippen molar-refractivity contribution < 1.29 is 9.53 Å². The SMILES string of the molecule is Cc1cccc(CNC(=O)C[C@@H]2CN(C(C)C)CCO2)c1C. The van der Waals surface area contributed by atoms with Crippen molar-refractivity contribution in [3.63, 3.8) is 0 Å². The number of ether oxygens (including phenoxy) is 1. The molecule has 4 nitrogen and oxygen atoms in total. The molecule has 1 atom stereocenters. The summed E-state index contributed by atoms with van der Waals surface area (Å²) in [6.45, 7) is 11.7. The van der Waals surface area contributed by atoms with Crippen LogP contribution in [-0.2, 0) is 16.1 Å². The van der Waals surface area contributed by atoms with Gasteiger partial charge in [0.15, 0.2) is 0 Å². The third-order valence-electron chi connectivity index (χ3n) is 4.51. The molecule has 1 aromatic carbocycles. The van der Waals surface area contributed by atoms with Crippen LogP contribution in [0.25, 0.3) is 0 Å². The number of aryl methyl sites for hydroxylation is 1. The van der Waals surface area contributed by atoms with E-state index in [0.29, 0.717) is 25.6 Å². The zero-order valence-electron chi connectivity index (χ0n) is 14.2. The van der Waals surface area contributed by atoms with E-state index in [1.54, 1.807) is 0 Å². The van der Waals surface area contributed by atoms with Crippen molar-refractivity contribution in [1.82, 2.24) is 10.2 Å². The molecule has 1 N–H and O–H groups in total. The zero-order valence-corrected chi connectivity index (χ0v) is 14.2. The molecule has 0 radical (unpaired) electrons. The summed E-state index contributed by atoms with van der Waals surface area (Å²) in [5, 5.41) is 3.02. The van der Waals surface area contributed by atoms with Crippen LogP contribution in [-0.4, -0.2) is 42.6 Å². The van der Waals surface area contributed by atoms with E-state index in [-0.39, 0.29) is 12.0 Å². The van der Waals surface area contributed by atoms with Crippen LogP contribution >= 0.6 is 0 Å². The Bertz CT molecular complexity index is 514. The number of amides is 1. The number of carbonyl (C=O) groups is 1. The van der Waals surface area contributed by atoms with E-state index in [4.69, 9.17) is 4.74 Å². The number of morpholine rings is 1. The van der Waals surface area contributed by atoms with Gasteiger partial charge in [-0.05, 0) is 44.4 Å². The van der Waals surface area contributed by atoms with Crippen LogP contribution in [0.4, 0.5) is 0 Å². The fourth-order valence-corrected chi connectivity index (χ4v) is 2.81. The molecule has 0 bridgehead atoms. The number of nitrogens with zero attached hydrogens (tertiary/aromatic N) is 1.